The highest BCUT2D eigenvalue weighted by Crippen LogP contribution is 2.60. The maximum absolute atomic E-state index is 11.4. The van der Waals surface area contributed by atoms with Crippen molar-refractivity contribution in [3.63, 3.8) is 0 Å². The molecular weight excluding hydrogens is 258 g/mol. The molecule has 5 rings (SSSR count). The highest BCUT2D eigenvalue weighted by atomic mass is 16.1. The lowest BCUT2D eigenvalue weighted by Crippen LogP contribution is -2.48. The second kappa shape index (κ2) is 4.59. The first-order valence-corrected chi connectivity index (χ1v) is 8.43. The van der Waals surface area contributed by atoms with Crippen LogP contribution in [0.2, 0.25) is 0 Å². The molecule has 112 valence electrons. The summed E-state index contributed by atoms with van der Waals surface area (Å²) in [6.45, 7) is 3.67. The van der Waals surface area contributed by atoms with Gasteiger partial charge < -0.3 is 5.32 Å². The van der Waals surface area contributed by atoms with Crippen LogP contribution in [0.4, 0.5) is 5.69 Å². The molecule has 4 fully saturated rings. The minimum atomic E-state index is 0.0285. The molecule has 4 bridgehead atoms. The zero-order chi connectivity index (χ0) is 14.6. The van der Waals surface area contributed by atoms with Gasteiger partial charge in [-0.2, -0.15) is 0 Å². The minimum absolute atomic E-state index is 0.0285. The Labute approximate surface area is 127 Å². The van der Waals surface area contributed by atoms with Crippen molar-refractivity contribution in [2.45, 2.75) is 57.8 Å². The Morgan fingerprint density at radius 1 is 1.10 bits per heavy atom. The smallest absolute Gasteiger partial charge is 0.221 e. The number of benzene rings is 1. The van der Waals surface area contributed by atoms with Gasteiger partial charge in [-0.25, -0.2) is 0 Å². The number of hydrogen-bond donors (Lipinski definition) is 1. The average molecular weight is 283 g/mol. The van der Waals surface area contributed by atoms with Crippen LogP contribution in [0.5, 0.6) is 0 Å². The van der Waals surface area contributed by atoms with E-state index in [1.54, 1.807) is 6.92 Å². The molecule has 1 amide bonds. The summed E-state index contributed by atoms with van der Waals surface area (Å²) in [5.74, 6) is 2.91. The Kier molecular flexibility index (Phi) is 2.92. The quantitative estimate of drug-likeness (QED) is 0.855. The molecule has 0 unspecified atom stereocenters. The molecule has 2 nitrogen and oxygen atoms in total. The summed E-state index contributed by atoms with van der Waals surface area (Å²) in [7, 11) is 0. The van der Waals surface area contributed by atoms with Gasteiger partial charge in [-0.05, 0) is 85.8 Å². The zero-order valence-corrected chi connectivity index (χ0v) is 13.1. The van der Waals surface area contributed by atoms with Crippen LogP contribution in [0.1, 0.15) is 56.6 Å². The van der Waals surface area contributed by atoms with Crippen molar-refractivity contribution in [2.75, 3.05) is 5.32 Å². The molecule has 0 spiro atoms. The molecule has 4 aliphatic carbocycles. The van der Waals surface area contributed by atoms with Crippen molar-refractivity contribution in [1.82, 2.24) is 0 Å². The third kappa shape index (κ3) is 2.20. The van der Waals surface area contributed by atoms with Crippen molar-refractivity contribution in [3.8, 4) is 0 Å². The summed E-state index contributed by atoms with van der Waals surface area (Å²) in [6, 6.07) is 6.79. The second-order valence-corrected chi connectivity index (χ2v) is 7.91. The number of nitrogens with one attached hydrogen (secondary N) is 1. The second-order valence-electron chi connectivity index (χ2n) is 7.91. The normalized spacial score (nSPS) is 36.8. The van der Waals surface area contributed by atoms with E-state index in [1.807, 2.05) is 0 Å². The topological polar surface area (TPSA) is 29.1 Å². The van der Waals surface area contributed by atoms with Crippen LogP contribution in [-0.2, 0) is 10.2 Å². The standard InChI is InChI=1S/C19H25NO/c1-12-3-4-17(8-18(12)20-13(2)21)19-9-14-5-15(10-19)7-16(6-14)11-19/h3-4,8,14-16H,5-7,9-11H2,1-2H3,(H,20,21). The number of rotatable bonds is 2. The molecule has 0 atom stereocenters. The van der Waals surface area contributed by atoms with E-state index in [2.05, 4.69) is 30.4 Å². The number of aryl methyl sites for hydroxylation is 1. The van der Waals surface area contributed by atoms with Crippen LogP contribution < -0.4 is 5.32 Å². The number of amides is 1. The lowest BCUT2D eigenvalue weighted by Gasteiger charge is -2.57. The van der Waals surface area contributed by atoms with Gasteiger partial charge in [-0.15, -0.1) is 0 Å². The summed E-state index contributed by atoms with van der Waals surface area (Å²) in [4.78, 5) is 11.4. The molecule has 1 aromatic rings. The van der Waals surface area contributed by atoms with E-state index in [-0.39, 0.29) is 5.91 Å². The predicted octanol–water partition coefficient (Wildman–Crippen LogP) is 4.42. The molecule has 0 saturated heterocycles. The van der Waals surface area contributed by atoms with E-state index < -0.39 is 0 Å². The molecule has 0 aromatic heterocycles. The average Bonchev–Trinajstić information content (AvgIpc) is 2.39. The van der Waals surface area contributed by atoms with E-state index in [0.717, 1.165) is 23.4 Å². The molecular formula is C19H25NO. The summed E-state index contributed by atoms with van der Waals surface area (Å²) in [5.41, 5.74) is 4.07. The Hall–Kier alpha value is -1.31. The van der Waals surface area contributed by atoms with Crippen LogP contribution in [0.3, 0.4) is 0 Å². The SMILES string of the molecule is CC(=O)Nc1cc(C23CC4CC(CC(C4)C2)C3)ccc1C. The van der Waals surface area contributed by atoms with Crippen molar-refractivity contribution in [1.29, 1.82) is 0 Å². The Balaban J connectivity index is 1.71. The van der Waals surface area contributed by atoms with Gasteiger partial charge in [-0.1, -0.05) is 12.1 Å². The summed E-state index contributed by atoms with van der Waals surface area (Å²) >= 11 is 0. The van der Waals surface area contributed by atoms with E-state index in [4.69, 9.17) is 0 Å². The molecule has 1 aromatic carbocycles. The largest absolute Gasteiger partial charge is 0.326 e. The number of hydrogen-bond acceptors (Lipinski definition) is 1. The fourth-order valence-corrected chi connectivity index (χ4v) is 5.74. The van der Waals surface area contributed by atoms with E-state index >= 15 is 0 Å². The highest BCUT2D eigenvalue weighted by Gasteiger charge is 2.51. The fraction of sp³-hybridized carbons (Fsp3) is 0.632. The zero-order valence-electron chi connectivity index (χ0n) is 13.1. The Bertz CT molecular complexity index is 554. The van der Waals surface area contributed by atoms with Crippen LogP contribution >= 0.6 is 0 Å². The maximum atomic E-state index is 11.4. The Morgan fingerprint density at radius 3 is 2.19 bits per heavy atom. The van der Waals surface area contributed by atoms with Crippen LogP contribution in [-0.4, -0.2) is 5.91 Å². The summed E-state index contributed by atoms with van der Waals surface area (Å²) < 4.78 is 0. The first-order valence-electron chi connectivity index (χ1n) is 8.43. The molecule has 0 heterocycles. The summed E-state index contributed by atoms with van der Waals surface area (Å²) in [6.07, 6.45) is 8.56. The maximum Gasteiger partial charge on any atom is 0.221 e. The molecule has 0 radical (unpaired) electrons. The summed E-state index contributed by atoms with van der Waals surface area (Å²) in [5, 5.41) is 3.01. The predicted molar refractivity (Wildman–Crippen MR) is 85.3 cm³/mol. The van der Waals surface area contributed by atoms with E-state index in [9.17, 15) is 4.79 Å². The molecule has 0 aliphatic heterocycles. The highest BCUT2D eigenvalue weighted by molar-refractivity contribution is 5.89. The number of carbonyl (C=O) groups is 1. The first kappa shape index (κ1) is 13.4. The number of anilines is 1. The minimum Gasteiger partial charge on any atom is -0.326 e. The van der Waals surface area contributed by atoms with E-state index in [0.29, 0.717) is 5.41 Å². The van der Waals surface area contributed by atoms with Gasteiger partial charge in [0.25, 0.3) is 0 Å². The van der Waals surface area contributed by atoms with Crippen LogP contribution in [0, 0.1) is 24.7 Å². The van der Waals surface area contributed by atoms with Crippen molar-refractivity contribution in [2.24, 2.45) is 17.8 Å². The van der Waals surface area contributed by atoms with Gasteiger partial charge in [0.05, 0.1) is 0 Å². The van der Waals surface area contributed by atoms with Gasteiger partial charge in [0.15, 0.2) is 0 Å². The first-order chi connectivity index (χ1) is 10.0. The van der Waals surface area contributed by atoms with Gasteiger partial charge in [-0.3, -0.25) is 4.79 Å². The third-order valence-electron chi connectivity index (χ3n) is 6.20. The molecule has 2 heteroatoms. The lowest BCUT2D eigenvalue weighted by molar-refractivity contribution is -0.114. The van der Waals surface area contributed by atoms with Gasteiger partial charge in [0.2, 0.25) is 5.91 Å². The molecule has 1 N–H and O–H groups in total. The monoisotopic (exact) mass is 283 g/mol. The Morgan fingerprint density at radius 2 is 1.67 bits per heavy atom. The van der Waals surface area contributed by atoms with E-state index in [1.165, 1.54) is 49.7 Å². The van der Waals surface area contributed by atoms with Gasteiger partial charge >= 0.3 is 0 Å². The van der Waals surface area contributed by atoms with Crippen molar-refractivity contribution < 1.29 is 4.79 Å². The molecule has 21 heavy (non-hydrogen) atoms. The fourth-order valence-electron chi connectivity index (χ4n) is 5.74. The van der Waals surface area contributed by atoms with Crippen molar-refractivity contribution in [3.05, 3.63) is 29.3 Å². The lowest BCUT2D eigenvalue weighted by atomic mass is 9.48. The van der Waals surface area contributed by atoms with Gasteiger partial charge in [0, 0.05) is 12.6 Å². The number of carbonyl (C=O) groups excluding carboxylic acids is 1. The van der Waals surface area contributed by atoms with Gasteiger partial charge in [0.1, 0.15) is 0 Å². The third-order valence-corrected chi connectivity index (χ3v) is 6.20. The molecule has 4 aliphatic rings. The van der Waals surface area contributed by atoms with Crippen LogP contribution in [0.15, 0.2) is 18.2 Å². The molecule has 4 saturated carbocycles. The van der Waals surface area contributed by atoms with Crippen LogP contribution in [0.25, 0.3) is 0 Å². The van der Waals surface area contributed by atoms with Crippen molar-refractivity contribution >= 4 is 11.6 Å².